The predicted octanol–water partition coefficient (Wildman–Crippen LogP) is 3.55. The zero-order chi connectivity index (χ0) is 21.7. The number of benzene rings is 1. The van der Waals surface area contributed by atoms with Crippen molar-refractivity contribution >= 4 is 11.6 Å². The Morgan fingerprint density at radius 3 is 2.90 bits per heavy atom. The molecule has 2 heterocycles. The normalized spacial score (nSPS) is 13.8. The highest BCUT2D eigenvalue weighted by Crippen LogP contribution is 2.32. The first-order valence-corrected chi connectivity index (χ1v) is 11.2. The minimum atomic E-state index is 0.556. The van der Waals surface area contributed by atoms with Gasteiger partial charge in [0.05, 0.1) is 13.2 Å². The zero-order valence-corrected chi connectivity index (χ0v) is 18.7. The second-order valence-corrected chi connectivity index (χ2v) is 7.94. The maximum absolute atomic E-state index is 5.80. The van der Waals surface area contributed by atoms with Gasteiger partial charge in [0, 0.05) is 63.4 Å². The Morgan fingerprint density at radius 2 is 2.10 bits per heavy atom. The highest BCUT2D eigenvalue weighted by molar-refractivity contribution is 5.93. The van der Waals surface area contributed by atoms with E-state index in [1.165, 1.54) is 0 Å². The fourth-order valence-corrected chi connectivity index (χ4v) is 3.07. The van der Waals surface area contributed by atoms with Gasteiger partial charge in [-0.15, -0.1) is 0 Å². The number of aliphatic imine (C=N–C) groups is 1. The highest BCUT2D eigenvalue weighted by atomic mass is 16.5. The lowest BCUT2D eigenvalue weighted by molar-refractivity contribution is 0.108. The highest BCUT2D eigenvalue weighted by Gasteiger charge is 2.11. The SMILES string of the molecule is CC(C)COCCCNC(=NCCCn1cccn1)Nc1ccc2c(c1)OCCCO2. The van der Waals surface area contributed by atoms with Crippen LogP contribution < -0.4 is 20.1 Å². The molecule has 0 amide bonds. The third-order valence-corrected chi connectivity index (χ3v) is 4.59. The third kappa shape index (κ3) is 8.49. The molecule has 0 bridgehead atoms. The van der Waals surface area contributed by atoms with Crippen molar-refractivity contribution in [3.8, 4) is 11.5 Å². The van der Waals surface area contributed by atoms with Gasteiger partial charge >= 0.3 is 0 Å². The van der Waals surface area contributed by atoms with E-state index in [1.54, 1.807) is 6.20 Å². The van der Waals surface area contributed by atoms with E-state index >= 15 is 0 Å². The molecule has 0 atom stereocenters. The zero-order valence-electron chi connectivity index (χ0n) is 18.7. The van der Waals surface area contributed by atoms with Crippen molar-refractivity contribution in [2.45, 2.75) is 39.7 Å². The molecule has 0 fully saturated rings. The second-order valence-electron chi connectivity index (χ2n) is 7.94. The maximum atomic E-state index is 5.80. The van der Waals surface area contributed by atoms with Crippen molar-refractivity contribution in [2.75, 3.05) is 44.8 Å². The molecular formula is C23H35N5O3. The van der Waals surface area contributed by atoms with Gasteiger partial charge in [0.2, 0.25) is 0 Å². The average Bonchev–Trinajstić information content (AvgIpc) is 3.17. The average molecular weight is 430 g/mol. The maximum Gasteiger partial charge on any atom is 0.195 e. The van der Waals surface area contributed by atoms with Crippen LogP contribution in [0.3, 0.4) is 0 Å². The number of anilines is 1. The molecule has 1 aromatic carbocycles. The number of hydrogen-bond acceptors (Lipinski definition) is 5. The summed E-state index contributed by atoms with van der Waals surface area (Å²) in [5, 5.41) is 11.0. The number of guanidine groups is 1. The lowest BCUT2D eigenvalue weighted by Gasteiger charge is -2.15. The van der Waals surface area contributed by atoms with Crippen LogP contribution in [0.1, 0.15) is 33.1 Å². The van der Waals surface area contributed by atoms with Gasteiger partial charge in [-0.25, -0.2) is 0 Å². The van der Waals surface area contributed by atoms with Crippen LogP contribution in [0.25, 0.3) is 0 Å². The number of nitrogens with one attached hydrogen (secondary N) is 2. The predicted molar refractivity (Wildman–Crippen MR) is 123 cm³/mol. The standard InChI is InChI=1S/C23H35N5O3/c1-19(2)18-29-14-5-10-25-23(24-9-3-12-28-13-4-11-26-28)27-20-7-8-21-22(17-20)31-16-6-15-30-21/h4,7-8,11,13,17,19H,3,5-6,9-10,12,14-16,18H2,1-2H3,(H2,24,25,27). The van der Waals surface area contributed by atoms with Gasteiger partial charge in [0.1, 0.15) is 0 Å². The van der Waals surface area contributed by atoms with Gasteiger partial charge in [-0.1, -0.05) is 13.8 Å². The molecule has 31 heavy (non-hydrogen) atoms. The fourth-order valence-electron chi connectivity index (χ4n) is 3.07. The minimum absolute atomic E-state index is 0.556. The number of ether oxygens (including phenoxy) is 3. The summed E-state index contributed by atoms with van der Waals surface area (Å²) in [4.78, 5) is 4.74. The van der Waals surface area contributed by atoms with Gasteiger partial charge in [-0.3, -0.25) is 9.67 Å². The number of fused-ring (bicyclic) bond motifs is 1. The molecule has 2 aromatic rings. The molecule has 0 unspecified atom stereocenters. The summed E-state index contributed by atoms with van der Waals surface area (Å²) in [5.74, 6) is 2.86. The Kier molecular flexibility index (Phi) is 9.50. The molecule has 3 rings (SSSR count). The summed E-state index contributed by atoms with van der Waals surface area (Å²) in [6, 6.07) is 7.83. The molecule has 0 radical (unpaired) electrons. The van der Waals surface area contributed by atoms with Crippen molar-refractivity contribution in [3.63, 3.8) is 0 Å². The van der Waals surface area contributed by atoms with Crippen LogP contribution >= 0.6 is 0 Å². The fraction of sp³-hybridized carbons (Fsp3) is 0.565. The molecule has 0 saturated carbocycles. The van der Waals surface area contributed by atoms with Crippen LogP contribution in [-0.2, 0) is 11.3 Å². The van der Waals surface area contributed by atoms with Gasteiger partial charge < -0.3 is 24.8 Å². The minimum Gasteiger partial charge on any atom is -0.490 e. The van der Waals surface area contributed by atoms with Gasteiger partial charge in [0.25, 0.3) is 0 Å². The van der Waals surface area contributed by atoms with E-state index in [1.807, 2.05) is 35.1 Å². The summed E-state index contributed by atoms with van der Waals surface area (Å²) < 4.78 is 19.1. The summed E-state index contributed by atoms with van der Waals surface area (Å²) >= 11 is 0. The second kappa shape index (κ2) is 12.8. The summed E-state index contributed by atoms with van der Waals surface area (Å²) in [7, 11) is 0. The molecule has 8 nitrogen and oxygen atoms in total. The lowest BCUT2D eigenvalue weighted by Crippen LogP contribution is -2.32. The van der Waals surface area contributed by atoms with Crippen LogP contribution in [0.2, 0.25) is 0 Å². The van der Waals surface area contributed by atoms with Crippen LogP contribution in [-0.4, -0.2) is 55.3 Å². The first-order chi connectivity index (χ1) is 15.2. The summed E-state index contributed by atoms with van der Waals surface area (Å²) in [6.45, 7) is 9.53. The number of rotatable bonds is 11. The molecule has 2 N–H and O–H groups in total. The Morgan fingerprint density at radius 1 is 1.23 bits per heavy atom. The number of aromatic nitrogens is 2. The third-order valence-electron chi connectivity index (χ3n) is 4.59. The van der Waals surface area contributed by atoms with Crippen LogP contribution in [0.4, 0.5) is 5.69 Å². The number of nitrogens with zero attached hydrogens (tertiary/aromatic N) is 3. The first kappa shape index (κ1) is 22.9. The van der Waals surface area contributed by atoms with E-state index in [0.717, 1.165) is 68.7 Å². The number of hydrogen-bond donors (Lipinski definition) is 2. The molecule has 0 aliphatic carbocycles. The Labute approximate surface area is 185 Å². The van der Waals surface area contributed by atoms with Crippen LogP contribution in [0, 0.1) is 5.92 Å². The molecule has 8 heteroatoms. The molecule has 0 spiro atoms. The molecule has 1 aliphatic rings. The van der Waals surface area contributed by atoms with Crippen molar-refractivity contribution < 1.29 is 14.2 Å². The molecule has 1 aromatic heterocycles. The molecule has 1 aliphatic heterocycles. The van der Waals surface area contributed by atoms with Gasteiger partial charge in [-0.2, -0.15) is 5.10 Å². The topological polar surface area (TPSA) is 81.9 Å². The van der Waals surface area contributed by atoms with Crippen molar-refractivity contribution in [1.29, 1.82) is 0 Å². The Hall–Kier alpha value is -2.74. The monoisotopic (exact) mass is 429 g/mol. The molecule has 170 valence electrons. The molecule has 0 saturated heterocycles. The van der Waals surface area contributed by atoms with E-state index in [0.29, 0.717) is 25.7 Å². The number of aryl methyl sites for hydroxylation is 1. The lowest BCUT2D eigenvalue weighted by atomic mass is 10.2. The quantitative estimate of drug-likeness (QED) is 0.323. The smallest absolute Gasteiger partial charge is 0.195 e. The van der Waals surface area contributed by atoms with Gasteiger partial charge in [-0.05, 0) is 37.0 Å². The molecular weight excluding hydrogens is 394 g/mol. The van der Waals surface area contributed by atoms with Gasteiger partial charge in [0.15, 0.2) is 17.5 Å². The first-order valence-electron chi connectivity index (χ1n) is 11.2. The van der Waals surface area contributed by atoms with Crippen molar-refractivity contribution in [3.05, 3.63) is 36.7 Å². The Bertz CT molecular complexity index is 793. The van der Waals surface area contributed by atoms with Crippen LogP contribution in [0.5, 0.6) is 11.5 Å². The summed E-state index contributed by atoms with van der Waals surface area (Å²) in [5.41, 5.74) is 0.915. The van der Waals surface area contributed by atoms with Crippen molar-refractivity contribution in [2.24, 2.45) is 10.9 Å². The van der Waals surface area contributed by atoms with Crippen molar-refractivity contribution in [1.82, 2.24) is 15.1 Å². The van der Waals surface area contributed by atoms with Crippen LogP contribution in [0.15, 0.2) is 41.7 Å². The van der Waals surface area contributed by atoms with E-state index in [-0.39, 0.29) is 0 Å². The van der Waals surface area contributed by atoms with E-state index < -0.39 is 0 Å². The summed E-state index contributed by atoms with van der Waals surface area (Å²) in [6.07, 6.45) is 6.48. The van der Waals surface area contributed by atoms with E-state index in [2.05, 4.69) is 29.6 Å². The Balaban J connectivity index is 1.53. The van der Waals surface area contributed by atoms with E-state index in [4.69, 9.17) is 19.2 Å². The largest absolute Gasteiger partial charge is 0.490 e. The van der Waals surface area contributed by atoms with E-state index in [9.17, 15) is 0 Å².